The van der Waals surface area contributed by atoms with E-state index in [1.54, 1.807) is 0 Å². The Bertz CT molecular complexity index is 1010. The maximum absolute atomic E-state index is 13.0. The Morgan fingerprint density at radius 3 is 2.32 bits per heavy atom. The monoisotopic (exact) mass is 373 g/mol. The van der Waals surface area contributed by atoms with Crippen molar-refractivity contribution in [2.24, 2.45) is 0 Å². The molecule has 1 heterocycles. The van der Waals surface area contributed by atoms with Gasteiger partial charge in [0, 0.05) is 5.69 Å². The molecule has 0 unspecified atom stereocenters. The third-order valence-corrected chi connectivity index (χ3v) is 5.20. The van der Waals surface area contributed by atoms with E-state index in [0.717, 1.165) is 41.3 Å². The largest absolute Gasteiger partial charge is 0.457 e. The average molecular weight is 373 g/mol. The van der Waals surface area contributed by atoms with Crippen molar-refractivity contribution < 1.29 is 19.0 Å². The molecule has 2 aliphatic rings. The average Bonchev–Trinajstić information content (AvgIpc) is 3.41. The van der Waals surface area contributed by atoms with Crippen molar-refractivity contribution in [3.63, 3.8) is 0 Å². The fourth-order valence-corrected chi connectivity index (χ4v) is 3.45. The van der Waals surface area contributed by atoms with Gasteiger partial charge in [0.25, 0.3) is 0 Å². The van der Waals surface area contributed by atoms with Gasteiger partial charge in [0.1, 0.15) is 11.5 Å². The zero-order chi connectivity index (χ0) is 19.0. The minimum absolute atomic E-state index is 0.00286. The highest BCUT2D eigenvalue weighted by atomic mass is 16.7. The zero-order valence-corrected chi connectivity index (χ0v) is 15.2. The maximum atomic E-state index is 13.0. The molecule has 5 rings (SSSR count). The molecule has 1 saturated carbocycles. The molecule has 0 spiro atoms. The molecule has 0 saturated heterocycles. The van der Waals surface area contributed by atoms with Crippen LogP contribution in [0.2, 0.25) is 0 Å². The van der Waals surface area contributed by atoms with Crippen LogP contribution in [-0.2, 0) is 10.2 Å². The first kappa shape index (κ1) is 16.7. The number of para-hydroxylation sites is 1. The topological polar surface area (TPSA) is 56.8 Å². The van der Waals surface area contributed by atoms with E-state index in [1.807, 2.05) is 72.8 Å². The third kappa shape index (κ3) is 3.05. The van der Waals surface area contributed by atoms with Crippen molar-refractivity contribution in [3.8, 4) is 23.0 Å². The summed E-state index contributed by atoms with van der Waals surface area (Å²) in [6, 6.07) is 22.8. The van der Waals surface area contributed by atoms with Crippen LogP contribution in [0, 0.1) is 0 Å². The summed E-state index contributed by atoms with van der Waals surface area (Å²) < 4.78 is 16.6. The van der Waals surface area contributed by atoms with Gasteiger partial charge >= 0.3 is 0 Å². The maximum Gasteiger partial charge on any atom is 0.235 e. The number of hydrogen-bond acceptors (Lipinski definition) is 4. The highest BCUT2D eigenvalue weighted by Crippen LogP contribution is 2.51. The molecule has 3 aromatic rings. The van der Waals surface area contributed by atoms with E-state index in [0.29, 0.717) is 5.75 Å². The molecule has 1 fully saturated rings. The highest BCUT2D eigenvalue weighted by Gasteiger charge is 2.51. The zero-order valence-electron chi connectivity index (χ0n) is 15.2. The summed E-state index contributed by atoms with van der Waals surface area (Å²) in [5, 5.41) is 3.04. The molecule has 1 N–H and O–H groups in total. The Morgan fingerprint density at radius 2 is 1.57 bits per heavy atom. The normalized spacial score (nSPS) is 15.7. The molecule has 1 aliphatic carbocycles. The van der Waals surface area contributed by atoms with Crippen LogP contribution in [-0.4, -0.2) is 12.7 Å². The lowest BCUT2D eigenvalue weighted by Crippen LogP contribution is -2.27. The van der Waals surface area contributed by atoms with Gasteiger partial charge in [-0.25, -0.2) is 0 Å². The van der Waals surface area contributed by atoms with Gasteiger partial charge in [-0.2, -0.15) is 0 Å². The lowest BCUT2D eigenvalue weighted by atomic mass is 9.94. The summed E-state index contributed by atoms with van der Waals surface area (Å²) in [5.74, 6) is 2.94. The number of rotatable bonds is 5. The molecular formula is C23H19NO4. The SMILES string of the molecule is O=C(Nc1ccc(Oc2ccccc2)cc1)C1(c2ccc3c(c2)OCO3)CC1. The molecule has 5 nitrogen and oxygen atoms in total. The van der Waals surface area contributed by atoms with Gasteiger partial charge in [-0.1, -0.05) is 24.3 Å². The number of anilines is 1. The quantitative estimate of drug-likeness (QED) is 0.693. The fraction of sp³-hybridized carbons (Fsp3) is 0.174. The van der Waals surface area contributed by atoms with Crippen LogP contribution >= 0.6 is 0 Å². The smallest absolute Gasteiger partial charge is 0.235 e. The second kappa shape index (κ2) is 6.60. The molecule has 0 aromatic heterocycles. The lowest BCUT2D eigenvalue weighted by molar-refractivity contribution is -0.118. The van der Waals surface area contributed by atoms with Gasteiger partial charge in [0.05, 0.1) is 5.41 Å². The number of nitrogens with one attached hydrogen (secondary N) is 1. The molecule has 140 valence electrons. The number of benzene rings is 3. The number of amides is 1. The van der Waals surface area contributed by atoms with E-state index < -0.39 is 5.41 Å². The summed E-state index contributed by atoms with van der Waals surface area (Å²) in [6.45, 7) is 0.232. The van der Waals surface area contributed by atoms with Crippen LogP contribution in [0.4, 0.5) is 5.69 Å². The number of carbonyl (C=O) groups is 1. The third-order valence-electron chi connectivity index (χ3n) is 5.20. The first-order valence-electron chi connectivity index (χ1n) is 9.28. The van der Waals surface area contributed by atoms with E-state index in [4.69, 9.17) is 14.2 Å². The highest BCUT2D eigenvalue weighted by molar-refractivity contribution is 6.01. The molecule has 0 bridgehead atoms. The van der Waals surface area contributed by atoms with Crippen LogP contribution in [0.1, 0.15) is 18.4 Å². The van der Waals surface area contributed by atoms with Crippen molar-refractivity contribution >= 4 is 11.6 Å². The lowest BCUT2D eigenvalue weighted by Gasteiger charge is -2.16. The number of hydrogen-bond donors (Lipinski definition) is 1. The van der Waals surface area contributed by atoms with Crippen LogP contribution in [0.5, 0.6) is 23.0 Å². The Hall–Kier alpha value is -3.47. The Morgan fingerprint density at radius 1 is 0.857 bits per heavy atom. The van der Waals surface area contributed by atoms with Gasteiger partial charge in [-0.05, 0) is 66.9 Å². The van der Waals surface area contributed by atoms with Crippen LogP contribution in [0.25, 0.3) is 0 Å². The number of fused-ring (bicyclic) bond motifs is 1. The standard InChI is InChI=1S/C23H19NO4/c25-22(23(12-13-23)16-6-11-20-21(14-16)27-15-26-20)24-17-7-9-19(10-8-17)28-18-4-2-1-3-5-18/h1-11,14H,12-13,15H2,(H,24,25). The van der Waals surface area contributed by atoms with Crippen molar-refractivity contribution in [2.45, 2.75) is 18.3 Å². The van der Waals surface area contributed by atoms with Gasteiger partial charge < -0.3 is 19.5 Å². The first-order chi connectivity index (χ1) is 13.7. The summed E-state index contributed by atoms with van der Waals surface area (Å²) in [6.07, 6.45) is 1.65. The summed E-state index contributed by atoms with van der Waals surface area (Å²) in [5.41, 5.74) is 1.23. The molecule has 0 atom stereocenters. The van der Waals surface area contributed by atoms with Crippen LogP contribution in [0.15, 0.2) is 72.8 Å². The second-order valence-electron chi connectivity index (χ2n) is 7.04. The molecule has 0 radical (unpaired) electrons. The van der Waals surface area contributed by atoms with Crippen molar-refractivity contribution in [1.82, 2.24) is 0 Å². The van der Waals surface area contributed by atoms with Gasteiger partial charge in [0.15, 0.2) is 11.5 Å². The minimum atomic E-state index is -0.486. The molecule has 5 heteroatoms. The first-order valence-corrected chi connectivity index (χ1v) is 9.28. The molecule has 1 amide bonds. The fourth-order valence-electron chi connectivity index (χ4n) is 3.45. The van der Waals surface area contributed by atoms with Crippen molar-refractivity contribution in [2.75, 3.05) is 12.1 Å². The molecular weight excluding hydrogens is 354 g/mol. The number of carbonyl (C=O) groups excluding carboxylic acids is 1. The Balaban J connectivity index is 1.29. The van der Waals surface area contributed by atoms with Gasteiger partial charge in [-0.15, -0.1) is 0 Å². The summed E-state index contributed by atoms with van der Waals surface area (Å²) >= 11 is 0. The predicted molar refractivity (Wildman–Crippen MR) is 105 cm³/mol. The molecule has 28 heavy (non-hydrogen) atoms. The predicted octanol–water partition coefficient (Wildman–Crippen LogP) is 4.88. The minimum Gasteiger partial charge on any atom is -0.457 e. The Labute approximate surface area is 162 Å². The van der Waals surface area contributed by atoms with Gasteiger partial charge in [-0.3, -0.25) is 4.79 Å². The molecule has 1 aliphatic heterocycles. The van der Waals surface area contributed by atoms with E-state index in [-0.39, 0.29) is 12.7 Å². The van der Waals surface area contributed by atoms with Crippen LogP contribution < -0.4 is 19.5 Å². The van der Waals surface area contributed by atoms with E-state index in [2.05, 4.69) is 5.32 Å². The summed E-state index contributed by atoms with van der Waals surface area (Å²) in [7, 11) is 0. The van der Waals surface area contributed by atoms with Crippen LogP contribution in [0.3, 0.4) is 0 Å². The van der Waals surface area contributed by atoms with Gasteiger partial charge in [0.2, 0.25) is 12.7 Å². The number of ether oxygens (including phenoxy) is 3. The Kier molecular flexibility index (Phi) is 3.93. The second-order valence-corrected chi connectivity index (χ2v) is 7.04. The van der Waals surface area contributed by atoms with Crippen molar-refractivity contribution in [3.05, 3.63) is 78.4 Å². The van der Waals surface area contributed by atoms with E-state index in [1.165, 1.54) is 0 Å². The summed E-state index contributed by atoms with van der Waals surface area (Å²) in [4.78, 5) is 13.0. The van der Waals surface area contributed by atoms with Crippen molar-refractivity contribution in [1.29, 1.82) is 0 Å². The van der Waals surface area contributed by atoms with E-state index >= 15 is 0 Å². The van der Waals surface area contributed by atoms with E-state index in [9.17, 15) is 4.79 Å². The molecule has 3 aromatic carbocycles.